The van der Waals surface area contributed by atoms with Gasteiger partial charge in [-0.3, -0.25) is 9.59 Å². The molecule has 1 aromatic carbocycles. The van der Waals surface area contributed by atoms with Crippen LogP contribution in [0.5, 0.6) is 0 Å². The van der Waals surface area contributed by atoms with Crippen LogP contribution in [0.3, 0.4) is 0 Å². The van der Waals surface area contributed by atoms with E-state index in [1.165, 1.54) is 10.4 Å². The lowest BCUT2D eigenvalue weighted by molar-refractivity contribution is -0.135. The summed E-state index contributed by atoms with van der Waals surface area (Å²) >= 11 is 7.42. The van der Waals surface area contributed by atoms with Crippen LogP contribution >= 0.6 is 22.9 Å². The van der Waals surface area contributed by atoms with Crippen molar-refractivity contribution in [3.8, 4) is 0 Å². The van der Waals surface area contributed by atoms with Gasteiger partial charge in [0.05, 0.1) is 16.6 Å². The van der Waals surface area contributed by atoms with Crippen LogP contribution < -0.4 is 5.32 Å². The van der Waals surface area contributed by atoms with Gasteiger partial charge in [0.1, 0.15) is 5.88 Å². The number of amides is 2. The molecule has 1 N–H and O–H groups in total. The first kappa shape index (κ1) is 21.3. The van der Waals surface area contributed by atoms with Gasteiger partial charge in [0.15, 0.2) is 0 Å². The Labute approximate surface area is 186 Å². The lowest BCUT2D eigenvalue weighted by Crippen LogP contribution is -2.51. The third-order valence-electron chi connectivity index (χ3n) is 6.52. The van der Waals surface area contributed by atoms with Crippen molar-refractivity contribution in [2.24, 2.45) is 0 Å². The average molecular weight is 446 g/mol. The molecule has 0 bridgehead atoms. The van der Waals surface area contributed by atoms with E-state index in [1.807, 2.05) is 30.0 Å². The summed E-state index contributed by atoms with van der Waals surface area (Å²) < 4.78 is 0. The number of aromatic nitrogens is 1. The summed E-state index contributed by atoms with van der Waals surface area (Å²) in [5.74, 6) is -0.0716. The Kier molecular flexibility index (Phi) is 6.44. The Balaban J connectivity index is 1.49. The molecule has 1 aliphatic carbocycles. The van der Waals surface area contributed by atoms with Gasteiger partial charge in [0, 0.05) is 29.9 Å². The van der Waals surface area contributed by atoms with Crippen molar-refractivity contribution in [1.82, 2.24) is 15.2 Å². The predicted molar refractivity (Wildman–Crippen MR) is 120 cm³/mol. The first-order valence-corrected chi connectivity index (χ1v) is 12.0. The Morgan fingerprint density at radius 2 is 2.00 bits per heavy atom. The highest BCUT2D eigenvalue weighted by molar-refractivity contribution is 7.11. The Bertz CT molecular complexity index is 906. The number of hydrogen-bond acceptors (Lipinski definition) is 4. The van der Waals surface area contributed by atoms with Gasteiger partial charge in [-0.05, 0) is 44.6 Å². The molecular weight excluding hydrogens is 418 g/mol. The SMILES string of the molecule is Cc1nc2c(s1)CCCC2C(=O)N1CCC(CNC(=O)CCl)(c2ccccc2)CC1. The number of piperidine rings is 1. The first-order valence-electron chi connectivity index (χ1n) is 10.7. The van der Waals surface area contributed by atoms with Gasteiger partial charge in [0.25, 0.3) is 0 Å². The number of benzene rings is 1. The fraction of sp³-hybridized carbons (Fsp3) is 0.522. The molecule has 1 saturated heterocycles. The molecule has 2 aliphatic rings. The quantitative estimate of drug-likeness (QED) is 0.712. The van der Waals surface area contributed by atoms with Gasteiger partial charge < -0.3 is 10.2 Å². The summed E-state index contributed by atoms with van der Waals surface area (Å²) in [6.45, 7) is 3.96. The summed E-state index contributed by atoms with van der Waals surface area (Å²) in [6, 6.07) is 10.3. The molecule has 7 heteroatoms. The third kappa shape index (κ3) is 4.26. The number of carbonyl (C=O) groups excluding carboxylic acids is 2. The average Bonchev–Trinajstić information content (AvgIpc) is 3.18. The van der Waals surface area contributed by atoms with Crippen molar-refractivity contribution in [2.45, 2.75) is 50.4 Å². The number of halogens is 1. The first-order chi connectivity index (χ1) is 14.5. The molecule has 30 heavy (non-hydrogen) atoms. The summed E-state index contributed by atoms with van der Waals surface area (Å²) in [7, 11) is 0. The summed E-state index contributed by atoms with van der Waals surface area (Å²) in [4.78, 5) is 33.2. The molecule has 0 spiro atoms. The van der Waals surface area contributed by atoms with Gasteiger partial charge in [-0.2, -0.15) is 0 Å². The van der Waals surface area contributed by atoms with Crippen LogP contribution in [-0.4, -0.2) is 47.2 Å². The van der Waals surface area contributed by atoms with Crippen molar-refractivity contribution in [2.75, 3.05) is 25.5 Å². The van der Waals surface area contributed by atoms with E-state index in [0.29, 0.717) is 19.6 Å². The smallest absolute Gasteiger partial charge is 0.234 e. The van der Waals surface area contributed by atoms with E-state index in [4.69, 9.17) is 16.6 Å². The van der Waals surface area contributed by atoms with Crippen molar-refractivity contribution in [3.63, 3.8) is 0 Å². The normalized spacial score (nSPS) is 20.5. The molecule has 1 aliphatic heterocycles. The zero-order valence-electron chi connectivity index (χ0n) is 17.3. The van der Waals surface area contributed by atoms with Gasteiger partial charge in [-0.1, -0.05) is 30.3 Å². The predicted octanol–water partition coefficient (Wildman–Crippen LogP) is 3.79. The van der Waals surface area contributed by atoms with E-state index in [1.54, 1.807) is 11.3 Å². The molecular formula is C23H28ClN3O2S. The number of thiazole rings is 1. The standard InChI is InChI=1S/C23H28ClN3O2S/c1-16-26-21-18(8-5-9-19(21)30-16)22(29)27-12-10-23(11-13-27,15-25-20(28)14-24)17-6-3-2-4-7-17/h2-4,6-7,18H,5,8-15H2,1H3,(H,25,28). The molecule has 5 nitrogen and oxygen atoms in total. The number of hydrogen-bond donors (Lipinski definition) is 1. The van der Waals surface area contributed by atoms with Gasteiger partial charge in [-0.15, -0.1) is 22.9 Å². The maximum Gasteiger partial charge on any atom is 0.234 e. The fourth-order valence-corrected chi connectivity index (χ4v) is 5.96. The van der Waals surface area contributed by atoms with E-state index in [9.17, 15) is 9.59 Å². The highest BCUT2D eigenvalue weighted by Gasteiger charge is 2.40. The zero-order valence-corrected chi connectivity index (χ0v) is 18.9. The molecule has 0 radical (unpaired) electrons. The van der Waals surface area contributed by atoms with Gasteiger partial charge >= 0.3 is 0 Å². The van der Waals surface area contributed by atoms with Crippen LogP contribution in [-0.2, 0) is 21.4 Å². The Morgan fingerprint density at radius 1 is 1.27 bits per heavy atom. The van der Waals surface area contributed by atoms with Crippen LogP contribution in [0.2, 0.25) is 0 Å². The number of aryl methyl sites for hydroxylation is 2. The highest BCUT2D eigenvalue weighted by atomic mass is 35.5. The minimum Gasteiger partial charge on any atom is -0.354 e. The maximum absolute atomic E-state index is 13.4. The largest absolute Gasteiger partial charge is 0.354 e. The molecule has 2 amide bonds. The number of likely N-dealkylation sites (tertiary alicyclic amines) is 1. The van der Waals surface area contributed by atoms with Gasteiger partial charge in [-0.25, -0.2) is 4.98 Å². The molecule has 2 heterocycles. The topological polar surface area (TPSA) is 62.3 Å². The van der Waals surface area contributed by atoms with Crippen molar-refractivity contribution < 1.29 is 9.59 Å². The van der Waals surface area contributed by atoms with Crippen LogP contribution in [0.25, 0.3) is 0 Å². The minimum absolute atomic E-state index is 0.0352. The number of fused-ring (bicyclic) bond motifs is 1. The number of rotatable bonds is 5. The summed E-state index contributed by atoms with van der Waals surface area (Å²) in [6.07, 6.45) is 4.63. The number of nitrogens with zero attached hydrogens (tertiary/aromatic N) is 2. The molecule has 2 aromatic rings. The summed E-state index contributed by atoms with van der Waals surface area (Å²) in [5, 5.41) is 4.03. The molecule has 1 unspecified atom stereocenters. The zero-order chi connectivity index (χ0) is 21.1. The molecule has 1 aromatic heterocycles. The van der Waals surface area contributed by atoms with Gasteiger partial charge in [0.2, 0.25) is 11.8 Å². The van der Waals surface area contributed by atoms with Crippen LogP contribution in [0.4, 0.5) is 0 Å². The van der Waals surface area contributed by atoms with Crippen molar-refractivity contribution >= 4 is 34.8 Å². The lowest BCUT2D eigenvalue weighted by Gasteiger charge is -2.43. The Hall–Kier alpha value is -1.92. The number of alkyl halides is 1. The van der Waals surface area contributed by atoms with E-state index >= 15 is 0 Å². The van der Waals surface area contributed by atoms with Crippen LogP contribution in [0, 0.1) is 6.92 Å². The van der Waals surface area contributed by atoms with E-state index in [2.05, 4.69) is 17.4 Å². The maximum atomic E-state index is 13.4. The summed E-state index contributed by atoms with van der Waals surface area (Å²) in [5.41, 5.74) is 2.05. The molecule has 1 fully saturated rings. The van der Waals surface area contributed by atoms with E-state index < -0.39 is 0 Å². The molecule has 1 atom stereocenters. The van der Waals surface area contributed by atoms with Crippen LogP contribution in [0.15, 0.2) is 30.3 Å². The van der Waals surface area contributed by atoms with Crippen molar-refractivity contribution in [3.05, 3.63) is 51.5 Å². The molecule has 0 saturated carbocycles. The van der Waals surface area contributed by atoms with E-state index in [-0.39, 0.29) is 29.0 Å². The second-order valence-corrected chi connectivity index (χ2v) is 9.92. The highest BCUT2D eigenvalue weighted by Crippen LogP contribution is 2.39. The van der Waals surface area contributed by atoms with Crippen molar-refractivity contribution in [1.29, 1.82) is 0 Å². The third-order valence-corrected chi connectivity index (χ3v) is 7.81. The van der Waals surface area contributed by atoms with E-state index in [0.717, 1.165) is 42.8 Å². The molecule has 160 valence electrons. The van der Waals surface area contributed by atoms with Crippen LogP contribution in [0.1, 0.15) is 52.7 Å². The minimum atomic E-state index is -0.172. The Morgan fingerprint density at radius 3 is 2.70 bits per heavy atom. The number of carbonyl (C=O) groups is 2. The lowest BCUT2D eigenvalue weighted by atomic mass is 9.72. The second kappa shape index (κ2) is 9.06. The monoisotopic (exact) mass is 445 g/mol. The molecule has 4 rings (SSSR count). The number of nitrogens with one attached hydrogen (secondary N) is 1. The fourth-order valence-electron chi connectivity index (χ4n) is 4.83. The second-order valence-electron chi connectivity index (χ2n) is 8.37.